The Labute approximate surface area is 130 Å². The number of benzene rings is 1. The number of carbonyl (C=O) groups is 1. The largest absolute Gasteiger partial charge is 0.378 e. The maximum Gasteiger partial charge on any atom is 0.209 e. The molecule has 22 heavy (non-hydrogen) atoms. The normalized spacial score (nSPS) is 17.2. The molecule has 1 heterocycles. The molecule has 0 radical (unpaired) electrons. The topological polar surface area (TPSA) is 80.5 Å². The lowest BCUT2D eigenvalue weighted by Crippen LogP contribution is -2.38. The van der Waals surface area contributed by atoms with Crippen LogP contribution in [0.2, 0.25) is 0 Å². The van der Waals surface area contributed by atoms with E-state index < -0.39 is 6.04 Å². The molecule has 6 heteroatoms. The third-order valence-corrected chi connectivity index (χ3v) is 3.52. The van der Waals surface area contributed by atoms with Gasteiger partial charge in [-0.05, 0) is 31.5 Å². The minimum Gasteiger partial charge on any atom is -0.378 e. The number of nitrogens with one attached hydrogen (secondary N) is 2. The van der Waals surface area contributed by atoms with E-state index in [1.807, 2.05) is 56.4 Å². The van der Waals surface area contributed by atoms with Crippen molar-refractivity contribution in [2.45, 2.75) is 19.9 Å². The van der Waals surface area contributed by atoms with Gasteiger partial charge in [0.1, 0.15) is 6.04 Å². The zero-order valence-corrected chi connectivity index (χ0v) is 13.1. The summed E-state index contributed by atoms with van der Waals surface area (Å²) in [5, 5.41) is 14.2. The highest BCUT2D eigenvalue weighted by molar-refractivity contribution is 5.98. The third-order valence-electron chi connectivity index (χ3n) is 3.52. The predicted octanol–water partition coefficient (Wildman–Crippen LogP) is 1.69. The fourth-order valence-electron chi connectivity index (χ4n) is 2.44. The summed E-state index contributed by atoms with van der Waals surface area (Å²) in [5.41, 5.74) is 3.30. The van der Waals surface area contributed by atoms with Gasteiger partial charge in [0, 0.05) is 31.1 Å². The van der Waals surface area contributed by atoms with E-state index in [2.05, 4.69) is 15.6 Å². The Morgan fingerprint density at radius 3 is 2.50 bits per heavy atom. The van der Waals surface area contributed by atoms with E-state index in [1.54, 1.807) is 0 Å². The van der Waals surface area contributed by atoms with Gasteiger partial charge in [-0.15, -0.1) is 0 Å². The first kappa shape index (κ1) is 15.6. The van der Waals surface area contributed by atoms with Crippen LogP contribution in [0, 0.1) is 11.5 Å². The Balaban J connectivity index is 2.44. The number of nitrogens with zero attached hydrogens (tertiary/aromatic N) is 3. The van der Waals surface area contributed by atoms with Crippen LogP contribution in [0.1, 0.15) is 25.5 Å². The van der Waals surface area contributed by atoms with E-state index in [-0.39, 0.29) is 5.78 Å². The number of Topliss-reactive ketones (excluding diaryl/α,β-unsaturated/α-hetero) is 1. The summed E-state index contributed by atoms with van der Waals surface area (Å²) in [4.78, 5) is 18.4. The fourth-order valence-corrected chi connectivity index (χ4v) is 2.44. The van der Waals surface area contributed by atoms with Crippen molar-refractivity contribution in [1.29, 1.82) is 5.26 Å². The first-order valence-corrected chi connectivity index (χ1v) is 6.93. The van der Waals surface area contributed by atoms with Crippen molar-refractivity contribution in [2.24, 2.45) is 4.99 Å². The second kappa shape index (κ2) is 6.31. The number of nitriles is 1. The summed E-state index contributed by atoms with van der Waals surface area (Å²) in [5.74, 6) is 0.318. The molecule has 1 aliphatic rings. The van der Waals surface area contributed by atoms with Crippen molar-refractivity contribution in [3.63, 3.8) is 0 Å². The van der Waals surface area contributed by atoms with Crippen LogP contribution >= 0.6 is 0 Å². The van der Waals surface area contributed by atoms with E-state index in [4.69, 9.17) is 5.26 Å². The van der Waals surface area contributed by atoms with Crippen LogP contribution in [-0.4, -0.2) is 25.8 Å². The number of hydrogen-bond donors (Lipinski definition) is 2. The van der Waals surface area contributed by atoms with Gasteiger partial charge in [-0.2, -0.15) is 5.26 Å². The standard InChI is InChI=1S/C16H19N5O/c1-10-14(11(2)22)15(20-16(19-10)18-9-17)12-5-7-13(8-6-12)21(3)4/h5-8,15H,1-4H3,(H2,18,19,20)/t15-/m0/s1. The van der Waals surface area contributed by atoms with Crippen molar-refractivity contribution in [3.8, 4) is 6.19 Å². The van der Waals surface area contributed by atoms with Gasteiger partial charge in [0.15, 0.2) is 12.0 Å². The lowest BCUT2D eigenvalue weighted by Gasteiger charge is -2.25. The molecule has 0 amide bonds. The summed E-state index contributed by atoms with van der Waals surface area (Å²) >= 11 is 0. The molecular weight excluding hydrogens is 278 g/mol. The van der Waals surface area contributed by atoms with Gasteiger partial charge in [-0.25, -0.2) is 4.99 Å². The Morgan fingerprint density at radius 1 is 1.36 bits per heavy atom. The van der Waals surface area contributed by atoms with Gasteiger partial charge in [-0.1, -0.05) is 12.1 Å². The molecular formula is C16H19N5O. The molecule has 0 fully saturated rings. The summed E-state index contributed by atoms with van der Waals surface area (Å²) in [7, 11) is 3.94. The summed E-state index contributed by atoms with van der Waals surface area (Å²) in [6.45, 7) is 3.34. The molecule has 0 aliphatic carbocycles. The Morgan fingerprint density at radius 2 is 2.00 bits per heavy atom. The molecule has 6 nitrogen and oxygen atoms in total. The third kappa shape index (κ3) is 3.09. The molecule has 0 spiro atoms. The van der Waals surface area contributed by atoms with Crippen molar-refractivity contribution in [1.82, 2.24) is 10.6 Å². The molecule has 1 aliphatic heterocycles. The maximum absolute atomic E-state index is 12.0. The number of hydrogen-bond acceptors (Lipinski definition) is 6. The fraction of sp³-hybridized carbons (Fsp3) is 0.312. The van der Waals surface area contributed by atoms with Gasteiger partial charge < -0.3 is 10.2 Å². The van der Waals surface area contributed by atoms with E-state index in [0.717, 1.165) is 11.3 Å². The summed E-state index contributed by atoms with van der Waals surface area (Å²) in [6, 6.07) is 7.46. The maximum atomic E-state index is 12.0. The number of ketones is 1. The molecule has 114 valence electrons. The number of guanidine groups is 1. The molecule has 2 rings (SSSR count). The highest BCUT2D eigenvalue weighted by Gasteiger charge is 2.27. The number of aliphatic imine (C=N–C) groups is 1. The van der Waals surface area contributed by atoms with Crippen LogP contribution in [-0.2, 0) is 4.79 Å². The summed E-state index contributed by atoms with van der Waals surface area (Å²) in [6.07, 6.45) is 1.84. The molecule has 0 saturated carbocycles. The van der Waals surface area contributed by atoms with E-state index in [0.29, 0.717) is 17.2 Å². The molecule has 0 bridgehead atoms. The Hall–Kier alpha value is -2.81. The highest BCUT2D eigenvalue weighted by Crippen LogP contribution is 2.31. The first-order valence-electron chi connectivity index (χ1n) is 6.93. The first-order chi connectivity index (χ1) is 10.4. The van der Waals surface area contributed by atoms with E-state index >= 15 is 0 Å². The predicted molar refractivity (Wildman–Crippen MR) is 86.2 cm³/mol. The number of carbonyl (C=O) groups excluding carboxylic acids is 1. The second-order valence-electron chi connectivity index (χ2n) is 5.32. The van der Waals surface area contributed by atoms with Crippen LogP contribution in [0.5, 0.6) is 0 Å². The minimum absolute atomic E-state index is 0.0357. The van der Waals surface area contributed by atoms with Crippen molar-refractivity contribution >= 4 is 17.4 Å². The molecule has 0 saturated heterocycles. The van der Waals surface area contributed by atoms with Gasteiger partial charge in [0.25, 0.3) is 0 Å². The number of allylic oxidation sites excluding steroid dienone is 1. The average Bonchev–Trinajstić information content (AvgIpc) is 2.46. The molecule has 1 aromatic carbocycles. The lowest BCUT2D eigenvalue weighted by molar-refractivity contribution is -0.114. The monoisotopic (exact) mass is 297 g/mol. The molecule has 2 N–H and O–H groups in total. The average molecular weight is 297 g/mol. The second-order valence-corrected chi connectivity index (χ2v) is 5.32. The molecule has 1 aromatic rings. The quantitative estimate of drug-likeness (QED) is 0.655. The lowest BCUT2D eigenvalue weighted by atomic mass is 9.93. The molecule has 1 atom stereocenters. The van der Waals surface area contributed by atoms with Crippen molar-refractivity contribution < 1.29 is 4.79 Å². The zero-order chi connectivity index (χ0) is 16.3. The van der Waals surface area contributed by atoms with Crippen LogP contribution in [0.25, 0.3) is 0 Å². The van der Waals surface area contributed by atoms with E-state index in [1.165, 1.54) is 6.92 Å². The SMILES string of the molecule is CC(=O)C1=C(C)NC(NC#N)=N[C@H]1c1ccc(N(C)C)cc1. The van der Waals surface area contributed by atoms with Crippen LogP contribution in [0.3, 0.4) is 0 Å². The van der Waals surface area contributed by atoms with Crippen molar-refractivity contribution in [2.75, 3.05) is 19.0 Å². The Bertz CT molecular complexity index is 679. The summed E-state index contributed by atoms with van der Waals surface area (Å²) < 4.78 is 0. The number of rotatable bonds is 3. The highest BCUT2D eigenvalue weighted by atomic mass is 16.1. The van der Waals surface area contributed by atoms with Gasteiger partial charge in [0.2, 0.25) is 5.96 Å². The van der Waals surface area contributed by atoms with Crippen molar-refractivity contribution in [3.05, 3.63) is 41.1 Å². The van der Waals surface area contributed by atoms with E-state index in [9.17, 15) is 4.79 Å². The Kier molecular flexibility index (Phi) is 4.47. The van der Waals surface area contributed by atoms with Crippen LogP contribution in [0.15, 0.2) is 40.5 Å². The van der Waals surface area contributed by atoms with Crippen LogP contribution in [0.4, 0.5) is 5.69 Å². The van der Waals surface area contributed by atoms with Crippen LogP contribution < -0.4 is 15.5 Å². The minimum atomic E-state index is -0.411. The molecule has 0 unspecified atom stereocenters. The van der Waals surface area contributed by atoms with Gasteiger partial charge in [0.05, 0.1) is 0 Å². The van der Waals surface area contributed by atoms with Gasteiger partial charge in [-0.3, -0.25) is 10.1 Å². The number of anilines is 1. The van der Waals surface area contributed by atoms with Gasteiger partial charge >= 0.3 is 0 Å². The smallest absolute Gasteiger partial charge is 0.209 e. The molecule has 0 aromatic heterocycles. The zero-order valence-electron chi connectivity index (χ0n) is 13.1.